The molecule has 0 amide bonds. The SMILES string of the molecule is CCCc1ccc(C(N)CN2CCCC2CC)cc1. The number of aryl methyl sites for hydroxylation is 1. The van der Waals surface area contributed by atoms with E-state index >= 15 is 0 Å². The van der Waals surface area contributed by atoms with Gasteiger partial charge in [0.2, 0.25) is 0 Å². The van der Waals surface area contributed by atoms with E-state index in [2.05, 4.69) is 43.0 Å². The minimum absolute atomic E-state index is 0.155. The Morgan fingerprint density at radius 3 is 2.63 bits per heavy atom. The Hall–Kier alpha value is -0.860. The highest BCUT2D eigenvalue weighted by molar-refractivity contribution is 5.25. The van der Waals surface area contributed by atoms with Crippen molar-refractivity contribution >= 4 is 0 Å². The summed E-state index contributed by atoms with van der Waals surface area (Å²) in [5.74, 6) is 0. The minimum Gasteiger partial charge on any atom is -0.323 e. The van der Waals surface area contributed by atoms with Crippen LogP contribution in [-0.4, -0.2) is 24.0 Å². The molecule has 1 heterocycles. The molecule has 2 atom stereocenters. The lowest BCUT2D eigenvalue weighted by atomic mass is 10.0. The first-order valence-corrected chi connectivity index (χ1v) is 7.83. The predicted octanol–water partition coefficient (Wildman–Crippen LogP) is 3.51. The fraction of sp³-hybridized carbons (Fsp3) is 0.647. The molecule has 2 N–H and O–H groups in total. The molecule has 2 nitrogen and oxygen atoms in total. The van der Waals surface area contributed by atoms with E-state index in [1.165, 1.54) is 49.8 Å². The van der Waals surface area contributed by atoms with Crippen LogP contribution in [0.4, 0.5) is 0 Å². The van der Waals surface area contributed by atoms with Crippen LogP contribution in [0.15, 0.2) is 24.3 Å². The summed E-state index contributed by atoms with van der Waals surface area (Å²) >= 11 is 0. The van der Waals surface area contributed by atoms with Gasteiger partial charge in [-0.15, -0.1) is 0 Å². The quantitative estimate of drug-likeness (QED) is 0.848. The van der Waals surface area contributed by atoms with E-state index < -0.39 is 0 Å². The predicted molar refractivity (Wildman–Crippen MR) is 82.3 cm³/mol. The van der Waals surface area contributed by atoms with Gasteiger partial charge in [-0.1, -0.05) is 44.5 Å². The van der Waals surface area contributed by atoms with Gasteiger partial charge in [0.1, 0.15) is 0 Å². The molecule has 2 unspecified atom stereocenters. The fourth-order valence-electron chi connectivity index (χ4n) is 3.18. The number of likely N-dealkylation sites (tertiary alicyclic amines) is 1. The number of nitrogens with two attached hydrogens (primary N) is 1. The Labute approximate surface area is 118 Å². The largest absolute Gasteiger partial charge is 0.323 e. The third-order valence-electron chi connectivity index (χ3n) is 4.35. The van der Waals surface area contributed by atoms with Crippen molar-refractivity contribution in [2.45, 2.75) is 58.0 Å². The van der Waals surface area contributed by atoms with Gasteiger partial charge < -0.3 is 5.73 Å². The van der Waals surface area contributed by atoms with Crippen LogP contribution >= 0.6 is 0 Å². The summed E-state index contributed by atoms with van der Waals surface area (Å²) in [7, 11) is 0. The number of benzene rings is 1. The molecule has 1 aromatic rings. The first kappa shape index (κ1) is 14.5. The van der Waals surface area contributed by atoms with Crippen molar-refractivity contribution in [3.63, 3.8) is 0 Å². The molecule has 1 aromatic carbocycles. The maximum atomic E-state index is 6.37. The molecular weight excluding hydrogens is 232 g/mol. The molecule has 1 saturated heterocycles. The lowest BCUT2D eigenvalue weighted by molar-refractivity contribution is 0.234. The van der Waals surface area contributed by atoms with Gasteiger partial charge in [-0.3, -0.25) is 4.90 Å². The standard InChI is InChI=1S/C17H28N2/c1-3-6-14-8-10-15(11-9-14)17(18)13-19-12-5-7-16(19)4-2/h8-11,16-17H,3-7,12-13,18H2,1-2H3. The highest BCUT2D eigenvalue weighted by atomic mass is 15.2. The monoisotopic (exact) mass is 260 g/mol. The Bertz CT molecular complexity index is 371. The van der Waals surface area contributed by atoms with E-state index in [0.29, 0.717) is 0 Å². The lowest BCUT2D eigenvalue weighted by Gasteiger charge is -2.26. The smallest absolute Gasteiger partial charge is 0.0424 e. The summed E-state index contributed by atoms with van der Waals surface area (Å²) < 4.78 is 0. The molecule has 0 aromatic heterocycles. The first-order valence-electron chi connectivity index (χ1n) is 7.83. The van der Waals surface area contributed by atoms with Crippen LogP contribution in [0.5, 0.6) is 0 Å². The second kappa shape index (κ2) is 7.06. The maximum absolute atomic E-state index is 6.37. The van der Waals surface area contributed by atoms with Crippen molar-refractivity contribution in [2.75, 3.05) is 13.1 Å². The van der Waals surface area contributed by atoms with Crippen molar-refractivity contribution in [3.8, 4) is 0 Å². The molecular formula is C17H28N2. The summed E-state index contributed by atoms with van der Waals surface area (Å²) in [6, 6.07) is 9.81. The number of rotatable bonds is 6. The second-order valence-electron chi connectivity index (χ2n) is 5.80. The van der Waals surface area contributed by atoms with Crippen molar-refractivity contribution in [2.24, 2.45) is 5.73 Å². The summed E-state index contributed by atoms with van der Waals surface area (Å²) in [5.41, 5.74) is 9.08. The van der Waals surface area contributed by atoms with Gasteiger partial charge in [-0.2, -0.15) is 0 Å². The van der Waals surface area contributed by atoms with Gasteiger partial charge in [0.15, 0.2) is 0 Å². The Morgan fingerprint density at radius 1 is 1.26 bits per heavy atom. The Balaban J connectivity index is 1.93. The average molecular weight is 260 g/mol. The summed E-state index contributed by atoms with van der Waals surface area (Å²) in [4.78, 5) is 2.57. The van der Waals surface area contributed by atoms with Crippen LogP contribution < -0.4 is 5.73 Å². The first-order chi connectivity index (χ1) is 9.24. The average Bonchev–Trinajstić information content (AvgIpc) is 2.87. The molecule has 0 saturated carbocycles. The topological polar surface area (TPSA) is 29.3 Å². The van der Waals surface area contributed by atoms with E-state index in [4.69, 9.17) is 5.73 Å². The molecule has 19 heavy (non-hydrogen) atoms. The second-order valence-corrected chi connectivity index (χ2v) is 5.80. The minimum atomic E-state index is 0.155. The van der Waals surface area contributed by atoms with Crippen LogP contribution in [0.1, 0.15) is 56.7 Å². The van der Waals surface area contributed by atoms with Crippen LogP contribution in [-0.2, 0) is 6.42 Å². The van der Waals surface area contributed by atoms with Crippen molar-refractivity contribution < 1.29 is 0 Å². The zero-order valence-corrected chi connectivity index (χ0v) is 12.4. The molecule has 1 aliphatic heterocycles. The van der Waals surface area contributed by atoms with Crippen molar-refractivity contribution in [1.29, 1.82) is 0 Å². The summed E-state index contributed by atoms with van der Waals surface area (Å²) in [5, 5.41) is 0. The summed E-state index contributed by atoms with van der Waals surface area (Å²) in [6.45, 7) is 6.73. The van der Waals surface area contributed by atoms with Crippen LogP contribution in [0.3, 0.4) is 0 Å². The molecule has 1 aliphatic rings. The maximum Gasteiger partial charge on any atom is 0.0424 e. The van der Waals surface area contributed by atoms with E-state index in [-0.39, 0.29) is 6.04 Å². The lowest BCUT2D eigenvalue weighted by Crippen LogP contribution is -2.35. The van der Waals surface area contributed by atoms with Crippen LogP contribution in [0.2, 0.25) is 0 Å². The molecule has 0 aliphatic carbocycles. The van der Waals surface area contributed by atoms with Gasteiger partial charge in [0.05, 0.1) is 0 Å². The molecule has 2 rings (SSSR count). The number of nitrogens with zero attached hydrogens (tertiary/aromatic N) is 1. The number of hydrogen-bond acceptors (Lipinski definition) is 2. The molecule has 0 spiro atoms. The van der Waals surface area contributed by atoms with E-state index in [1.807, 2.05) is 0 Å². The van der Waals surface area contributed by atoms with Gasteiger partial charge in [0, 0.05) is 18.6 Å². The third-order valence-corrected chi connectivity index (χ3v) is 4.35. The molecule has 2 heteroatoms. The Kier molecular flexibility index (Phi) is 5.41. The highest BCUT2D eigenvalue weighted by Gasteiger charge is 2.24. The molecule has 0 bridgehead atoms. The van der Waals surface area contributed by atoms with Crippen LogP contribution in [0.25, 0.3) is 0 Å². The van der Waals surface area contributed by atoms with Gasteiger partial charge >= 0.3 is 0 Å². The highest BCUT2D eigenvalue weighted by Crippen LogP contribution is 2.23. The van der Waals surface area contributed by atoms with E-state index in [9.17, 15) is 0 Å². The molecule has 0 radical (unpaired) electrons. The summed E-state index contributed by atoms with van der Waals surface area (Å²) in [6.07, 6.45) is 6.30. The van der Waals surface area contributed by atoms with E-state index in [0.717, 1.165) is 12.6 Å². The Morgan fingerprint density at radius 2 is 2.00 bits per heavy atom. The van der Waals surface area contributed by atoms with Crippen LogP contribution in [0, 0.1) is 0 Å². The van der Waals surface area contributed by atoms with Crippen molar-refractivity contribution in [1.82, 2.24) is 4.90 Å². The van der Waals surface area contributed by atoms with Crippen molar-refractivity contribution in [3.05, 3.63) is 35.4 Å². The molecule has 1 fully saturated rings. The van der Waals surface area contributed by atoms with Gasteiger partial charge in [0.25, 0.3) is 0 Å². The van der Waals surface area contributed by atoms with Gasteiger partial charge in [-0.25, -0.2) is 0 Å². The van der Waals surface area contributed by atoms with Gasteiger partial charge in [-0.05, 0) is 43.4 Å². The van der Waals surface area contributed by atoms with E-state index in [1.54, 1.807) is 0 Å². The molecule has 106 valence electrons. The zero-order valence-electron chi connectivity index (χ0n) is 12.4. The third kappa shape index (κ3) is 3.80. The number of hydrogen-bond donors (Lipinski definition) is 1. The normalized spacial score (nSPS) is 21.7. The fourth-order valence-corrected chi connectivity index (χ4v) is 3.18. The zero-order chi connectivity index (χ0) is 13.7.